The molecule has 9 nitrogen and oxygen atoms in total. The molecule has 0 bridgehead atoms. The number of carbonyl (C=O) groups excluding carboxylic acids is 3. The summed E-state index contributed by atoms with van der Waals surface area (Å²) in [6.45, 7) is 1.65. The Morgan fingerprint density at radius 1 is 0.897 bits per heavy atom. The molecule has 3 amide bonds. The second kappa shape index (κ2) is 8.91. The normalized spacial score (nSPS) is 17.4. The average molecular weight is 423 g/mol. The van der Waals surface area contributed by atoms with Crippen LogP contribution in [0.2, 0.25) is 0 Å². The van der Waals surface area contributed by atoms with Gasteiger partial charge < -0.3 is 5.32 Å². The summed E-state index contributed by atoms with van der Waals surface area (Å²) in [5.74, 6) is -2.51. The van der Waals surface area contributed by atoms with Gasteiger partial charge in [0.1, 0.15) is 0 Å². The molecule has 0 atom stereocenters. The lowest BCUT2D eigenvalue weighted by Gasteiger charge is -2.22. The first-order valence-corrected chi connectivity index (χ1v) is 11.3. The van der Waals surface area contributed by atoms with Gasteiger partial charge in [0.15, 0.2) is 0 Å². The third-order valence-electron chi connectivity index (χ3n) is 5.10. The van der Waals surface area contributed by atoms with Crippen molar-refractivity contribution in [2.45, 2.75) is 68.8 Å². The molecule has 0 radical (unpaired) electrons. The minimum Gasteiger partial charge on any atom is -0.345 e. The van der Waals surface area contributed by atoms with Gasteiger partial charge in [-0.25, -0.2) is 13.1 Å². The molecule has 0 aromatic heterocycles. The number of hydrazine groups is 1. The van der Waals surface area contributed by atoms with E-state index in [-0.39, 0.29) is 22.5 Å². The van der Waals surface area contributed by atoms with E-state index in [9.17, 15) is 22.8 Å². The van der Waals surface area contributed by atoms with Crippen LogP contribution in [0.5, 0.6) is 0 Å². The van der Waals surface area contributed by atoms with Crippen molar-refractivity contribution in [3.8, 4) is 0 Å². The summed E-state index contributed by atoms with van der Waals surface area (Å²) in [7, 11) is -3.77. The number of amides is 3. The molecule has 0 heterocycles. The summed E-state index contributed by atoms with van der Waals surface area (Å²) in [5, 5.41) is 2.51. The first-order valence-electron chi connectivity index (χ1n) is 9.80. The van der Waals surface area contributed by atoms with E-state index in [1.165, 1.54) is 18.2 Å². The Bertz CT molecular complexity index is 905. The minimum atomic E-state index is -3.77. The maximum atomic E-state index is 12.7. The van der Waals surface area contributed by atoms with E-state index in [4.69, 9.17) is 0 Å². The molecule has 0 unspecified atom stereocenters. The summed E-state index contributed by atoms with van der Waals surface area (Å²) < 4.78 is 28.1. The number of benzene rings is 1. The van der Waals surface area contributed by atoms with Crippen LogP contribution >= 0.6 is 0 Å². The van der Waals surface area contributed by atoms with Crippen LogP contribution in [0.4, 0.5) is 0 Å². The second-order valence-electron chi connectivity index (χ2n) is 7.59. The Kier molecular flexibility index (Phi) is 6.53. The van der Waals surface area contributed by atoms with Gasteiger partial charge in [0.2, 0.25) is 10.0 Å². The van der Waals surface area contributed by atoms with E-state index in [0.717, 1.165) is 44.9 Å². The predicted molar refractivity (Wildman–Crippen MR) is 105 cm³/mol. The molecule has 3 rings (SSSR count). The Hall–Kier alpha value is -2.46. The number of sulfonamides is 1. The van der Waals surface area contributed by atoms with Crippen LogP contribution in [-0.2, 0) is 19.6 Å². The molecular weight excluding hydrogens is 396 g/mol. The Morgan fingerprint density at radius 3 is 2.24 bits per heavy atom. The summed E-state index contributed by atoms with van der Waals surface area (Å²) in [4.78, 5) is 35.8. The van der Waals surface area contributed by atoms with Crippen LogP contribution < -0.4 is 20.9 Å². The Labute approximate surface area is 170 Å². The standard InChI is InChI=1S/C19H26N4O5S/c1-12-7-10-15(29(27,28)23-14-5-3-2-4-6-14)11-16(12)17(24)21-22-19(26)18(25)20-13-8-9-13/h7,10-11,13-14,23H,2-6,8-9H2,1H3,(H,20,25)(H,21,24)(H,22,26). The van der Waals surface area contributed by atoms with Crippen molar-refractivity contribution in [1.82, 2.24) is 20.9 Å². The molecule has 0 aliphatic heterocycles. The van der Waals surface area contributed by atoms with Crippen LogP contribution in [0, 0.1) is 6.92 Å². The molecule has 1 aromatic carbocycles. The van der Waals surface area contributed by atoms with E-state index in [2.05, 4.69) is 15.5 Å². The van der Waals surface area contributed by atoms with E-state index in [1.54, 1.807) is 6.92 Å². The van der Waals surface area contributed by atoms with Crippen LogP contribution in [0.15, 0.2) is 23.1 Å². The van der Waals surface area contributed by atoms with E-state index in [0.29, 0.717) is 5.56 Å². The minimum absolute atomic E-state index is 0.0170. The van der Waals surface area contributed by atoms with Crippen LogP contribution in [0.25, 0.3) is 0 Å². The van der Waals surface area contributed by atoms with Gasteiger partial charge in [-0.2, -0.15) is 0 Å². The topological polar surface area (TPSA) is 133 Å². The maximum absolute atomic E-state index is 12.7. The molecule has 2 fully saturated rings. The Balaban J connectivity index is 1.64. The van der Waals surface area contributed by atoms with Gasteiger partial charge in [-0.05, 0) is 50.3 Å². The molecule has 4 N–H and O–H groups in total. The largest absolute Gasteiger partial charge is 0.345 e. The molecule has 0 spiro atoms. The monoisotopic (exact) mass is 422 g/mol. The fraction of sp³-hybridized carbons (Fsp3) is 0.526. The fourth-order valence-corrected chi connectivity index (χ4v) is 4.57. The first kappa shape index (κ1) is 21.3. The predicted octanol–water partition coefficient (Wildman–Crippen LogP) is 0.646. The van der Waals surface area contributed by atoms with Gasteiger partial charge in [-0.1, -0.05) is 25.3 Å². The maximum Gasteiger partial charge on any atom is 0.327 e. The highest BCUT2D eigenvalue weighted by molar-refractivity contribution is 7.89. The highest BCUT2D eigenvalue weighted by Gasteiger charge is 2.27. The lowest BCUT2D eigenvalue weighted by atomic mass is 9.96. The zero-order valence-corrected chi connectivity index (χ0v) is 17.1. The van der Waals surface area contributed by atoms with Gasteiger partial charge in [-0.3, -0.25) is 25.2 Å². The smallest absolute Gasteiger partial charge is 0.327 e. The van der Waals surface area contributed by atoms with Crippen molar-refractivity contribution in [2.75, 3.05) is 0 Å². The first-order chi connectivity index (χ1) is 13.8. The summed E-state index contributed by atoms with van der Waals surface area (Å²) >= 11 is 0. The lowest BCUT2D eigenvalue weighted by molar-refractivity contribution is -0.139. The van der Waals surface area contributed by atoms with Gasteiger partial charge in [-0.15, -0.1) is 0 Å². The van der Waals surface area contributed by atoms with Gasteiger partial charge in [0.05, 0.1) is 4.90 Å². The molecule has 158 valence electrons. The summed E-state index contributed by atoms with van der Waals surface area (Å²) in [6, 6.07) is 4.17. The third kappa shape index (κ3) is 5.77. The van der Waals surface area contributed by atoms with Crippen LogP contribution in [0.1, 0.15) is 60.9 Å². The number of rotatable bonds is 5. The van der Waals surface area contributed by atoms with Gasteiger partial charge in [0, 0.05) is 17.6 Å². The summed E-state index contributed by atoms with van der Waals surface area (Å²) in [5.41, 5.74) is 4.84. The fourth-order valence-electron chi connectivity index (χ4n) is 3.24. The molecule has 10 heteroatoms. The number of hydrogen-bond acceptors (Lipinski definition) is 5. The lowest BCUT2D eigenvalue weighted by Crippen LogP contribution is -2.49. The van der Waals surface area contributed by atoms with Gasteiger partial charge >= 0.3 is 11.8 Å². The van der Waals surface area contributed by atoms with E-state index in [1.807, 2.05) is 5.43 Å². The third-order valence-corrected chi connectivity index (χ3v) is 6.62. The molecular formula is C19H26N4O5S. The quantitative estimate of drug-likeness (QED) is 0.408. The highest BCUT2D eigenvalue weighted by Crippen LogP contribution is 2.21. The second-order valence-corrected chi connectivity index (χ2v) is 9.30. The van der Waals surface area contributed by atoms with Crippen molar-refractivity contribution in [2.24, 2.45) is 0 Å². The van der Waals surface area contributed by atoms with Crippen LogP contribution in [0.3, 0.4) is 0 Å². The SMILES string of the molecule is Cc1ccc(S(=O)(=O)NC2CCCCC2)cc1C(=O)NNC(=O)C(=O)NC1CC1. The van der Waals surface area contributed by atoms with E-state index < -0.39 is 27.7 Å². The number of aryl methyl sites for hydroxylation is 1. The molecule has 1 aromatic rings. The van der Waals surface area contributed by atoms with Crippen molar-refractivity contribution in [3.05, 3.63) is 29.3 Å². The summed E-state index contributed by atoms with van der Waals surface area (Å²) in [6.07, 6.45) is 6.35. The average Bonchev–Trinajstić information content (AvgIpc) is 3.50. The van der Waals surface area contributed by atoms with E-state index >= 15 is 0 Å². The molecule has 0 saturated heterocycles. The van der Waals surface area contributed by atoms with Crippen LogP contribution in [-0.4, -0.2) is 38.2 Å². The zero-order chi connectivity index (χ0) is 21.0. The zero-order valence-electron chi connectivity index (χ0n) is 16.3. The number of hydrogen-bond donors (Lipinski definition) is 4. The number of carbonyl (C=O) groups is 3. The molecule has 29 heavy (non-hydrogen) atoms. The molecule has 2 saturated carbocycles. The highest BCUT2D eigenvalue weighted by atomic mass is 32.2. The Morgan fingerprint density at radius 2 is 1.59 bits per heavy atom. The molecule has 2 aliphatic carbocycles. The van der Waals surface area contributed by atoms with Gasteiger partial charge in [0.25, 0.3) is 5.91 Å². The molecule has 2 aliphatic rings. The number of nitrogens with one attached hydrogen (secondary N) is 4. The van der Waals surface area contributed by atoms with Crippen molar-refractivity contribution >= 4 is 27.7 Å². The van der Waals surface area contributed by atoms with Crippen molar-refractivity contribution in [1.29, 1.82) is 0 Å². The van der Waals surface area contributed by atoms with Crippen molar-refractivity contribution < 1.29 is 22.8 Å². The van der Waals surface area contributed by atoms with Crippen molar-refractivity contribution in [3.63, 3.8) is 0 Å².